The maximum Gasteiger partial charge on any atom is 0.292 e. The molecule has 1 aromatic heterocycles. The fourth-order valence-electron chi connectivity index (χ4n) is 2.07. The highest BCUT2D eigenvalue weighted by Gasteiger charge is 2.26. The van der Waals surface area contributed by atoms with Crippen LogP contribution in [0, 0.1) is 0 Å². The standard InChI is InChI=1S/C10H14N2O2/c1-6(13)8-9(14-10(11)12-8)7-4-2-3-5-7/h7H,2-5H2,1H3,(H2,11,12). The molecule has 0 radical (unpaired) electrons. The van der Waals surface area contributed by atoms with Gasteiger partial charge in [0.1, 0.15) is 11.5 Å². The first kappa shape index (κ1) is 9.24. The summed E-state index contributed by atoms with van der Waals surface area (Å²) < 4.78 is 5.31. The number of nitrogen functional groups attached to an aromatic ring is 1. The van der Waals surface area contributed by atoms with Gasteiger partial charge in [0, 0.05) is 12.8 Å². The Kier molecular flexibility index (Phi) is 2.27. The van der Waals surface area contributed by atoms with Crippen molar-refractivity contribution in [2.24, 2.45) is 0 Å². The molecule has 4 nitrogen and oxygen atoms in total. The summed E-state index contributed by atoms with van der Waals surface area (Å²) in [6, 6.07) is 0.108. The van der Waals surface area contributed by atoms with Gasteiger partial charge >= 0.3 is 0 Å². The minimum absolute atomic E-state index is 0.0626. The molecule has 0 saturated heterocycles. The Bertz CT molecular complexity index is 351. The molecule has 2 N–H and O–H groups in total. The van der Waals surface area contributed by atoms with Gasteiger partial charge in [-0.1, -0.05) is 12.8 Å². The number of oxazole rings is 1. The van der Waals surface area contributed by atoms with E-state index in [2.05, 4.69) is 4.98 Å². The molecule has 1 aliphatic rings. The lowest BCUT2D eigenvalue weighted by Gasteiger charge is -2.04. The molecule has 1 saturated carbocycles. The van der Waals surface area contributed by atoms with Gasteiger partial charge in [0.15, 0.2) is 5.78 Å². The zero-order chi connectivity index (χ0) is 10.1. The Hall–Kier alpha value is -1.32. The van der Waals surface area contributed by atoms with Gasteiger partial charge in [0.05, 0.1) is 0 Å². The molecule has 0 spiro atoms. The van der Waals surface area contributed by atoms with Crippen LogP contribution in [-0.4, -0.2) is 10.8 Å². The van der Waals surface area contributed by atoms with Gasteiger partial charge < -0.3 is 10.2 Å². The Morgan fingerprint density at radius 1 is 1.50 bits per heavy atom. The van der Waals surface area contributed by atoms with E-state index in [4.69, 9.17) is 10.2 Å². The molecule has 1 aromatic rings. The van der Waals surface area contributed by atoms with E-state index in [1.807, 2.05) is 0 Å². The zero-order valence-corrected chi connectivity index (χ0v) is 8.25. The van der Waals surface area contributed by atoms with Crippen molar-refractivity contribution in [1.82, 2.24) is 4.98 Å². The van der Waals surface area contributed by atoms with Crippen molar-refractivity contribution in [3.05, 3.63) is 11.5 Å². The van der Waals surface area contributed by atoms with Crippen LogP contribution in [0.5, 0.6) is 0 Å². The van der Waals surface area contributed by atoms with Gasteiger partial charge in [0.2, 0.25) is 0 Å². The number of Topliss-reactive ketones (excluding diaryl/α,β-unsaturated/α-hetero) is 1. The van der Waals surface area contributed by atoms with Crippen molar-refractivity contribution < 1.29 is 9.21 Å². The first-order chi connectivity index (χ1) is 6.68. The van der Waals surface area contributed by atoms with Crippen LogP contribution in [0.1, 0.15) is 54.8 Å². The van der Waals surface area contributed by atoms with E-state index in [-0.39, 0.29) is 11.8 Å². The lowest BCUT2D eigenvalue weighted by molar-refractivity contribution is 0.101. The number of rotatable bonds is 2. The smallest absolute Gasteiger partial charge is 0.292 e. The lowest BCUT2D eigenvalue weighted by Crippen LogP contribution is -2.01. The fraction of sp³-hybridized carbons (Fsp3) is 0.600. The Morgan fingerprint density at radius 3 is 2.71 bits per heavy atom. The molecular formula is C10H14N2O2. The first-order valence-electron chi connectivity index (χ1n) is 4.95. The van der Waals surface area contributed by atoms with Gasteiger partial charge in [-0.15, -0.1) is 0 Å². The van der Waals surface area contributed by atoms with E-state index in [0.717, 1.165) is 12.8 Å². The molecule has 1 fully saturated rings. The summed E-state index contributed by atoms with van der Waals surface area (Å²) in [5, 5.41) is 0. The second-order valence-corrected chi connectivity index (χ2v) is 3.80. The van der Waals surface area contributed by atoms with E-state index < -0.39 is 0 Å². The fourth-order valence-corrected chi connectivity index (χ4v) is 2.07. The van der Waals surface area contributed by atoms with Crippen molar-refractivity contribution in [1.29, 1.82) is 0 Å². The van der Waals surface area contributed by atoms with Crippen LogP contribution in [0.3, 0.4) is 0 Å². The molecule has 2 rings (SSSR count). The summed E-state index contributed by atoms with van der Waals surface area (Å²) >= 11 is 0. The minimum Gasteiger partial charge on any atom is -0.428 e. The number of aromatic nitrogens is 1. The van der Waals surface area contributed by atoms with E-state index in [9.17, 15) is 4.79 Å². The first-order valence-corrected chi connectivity index (χ1v) is 4.95. The molecule has 1 heterocycles. The number of anilines is 1. The van der Waals surface area contributed by atoms with Gasteiger partial charge in [-0.2, -0.15) is 4.98 Å². The maximum absolute atomic E-state index is 11.3. The van der Waals surface area contributed by atoms with E-state index in [1.165, 1.54) is 19.8 Å². The largest absolute Gasteiger partial charge is 0.428 e. The number of carbonyl (C=O) groups excluding carboxylic acids is 1. The predicted molar refractivity (Wildman–Crippen MR) is 52.1 cm³/mol. The number of nitrogens with two attached hydrogens (primary N) is 1. The van der Waals surface area contributed by atoms with Crippen molar-refractivity contribution in [2.75, 3.05) is 5.73 Å². The predicted octanol–water partition coefficient (Wildman–Crippen LogP) is 2.12. The average Bonchev–Trinajstić information content (AvgIpc) is 2.70. The number of hydrogen-bond donors (Lipinski definition) is 1. The number of nitrogens with zero attached hydrogens (tertiary/aromatic N) is 1. The molecule has 0 aliphatic heterocycles. The van der Waals surface area contributed by atoms with Crippen LogP contribution in [0.2, 0.25) is 0 Å². The Labute approximate surface area is 82.5 Å². The summed E-state index contributed by atoms with van der Waals surface area (Å²) in [6.45, 7) is 1.50. The summed E-state index contributed by atoms with van der Waals surface area (Å²) in [5.41, 5.74) is 5.88. The third kappa shape index (κ3) is 1.52. The van der Waals surface area contributed by atoms with Crippen molar-refractivity contribution >= 4 is 11.8 Å². The number of ketones is 1. The molecular weight excluding hydrogens is 180 g/mol. The van der Waals surface area contributed by atoms with E-state index in [0.29, 0.717) is 17.4 Å². The molecule has 0 aromatic carbocycles. The Balaban J connectivity index is 2.35. The second kappa shape index (κ2) is 3.44. The van der Waals surface area contributed by atoms with Crippen LogP contribution in [0.15, 0.2) is 4.42 Å². The molecule has 1 aliphatic carbocycles. The summed E-state index contributed by atoms with van der Waals surface area (Å²) in [7, 11) is 0. The molecule has 76 valence electrons. The van der Waals surface area contributed by atoms with Crippen LogP contribution >= 0.6 is 0 Å². The minimum atomic E-state index is -0.0626. The molecule has 0 unspecified atom stereocenters. The molecule has 0 atom stereocenters. The second-order valence-electron chi connectivity index (χ2n) is 3.80. The van der Waals surface area contributed by atoms with Crippen molar-refractivity contribution in [3.8, 4) is 0 Å². The van der Waals surface area contributed by atoms with Crippen molar-refractivity contribution in [3.63, 3.8) is 0 Å². The molecule has 0 bridgehead atoms. The summed E-state index contributed by atoms with van der Waals surface area (Å²) in [5.74, 6) is 0.985. The number of hydrogen-bond acceptors (Lipinski definition) is 4. The topological polar surface area (TPSA) is 69.1 Å². The highest BCUT2D eigenvalue weighted by atomic mass is 16.4. The molecule has 14 heavy (non-hydrogen) atoms. The maximum atomic E-state index is 11.3. The third-order valence-corrected chi connectivity index (χ3v) is 2.73. The van der Waals surface area contributed by atoms with E-state index in [1.54, 1.807) is 0 Å². The monoisotopic (exact) mass is 194 g/mol. The highest BCUT2D eigenvalue weighted by molar-refractivity contribution is 5.93. The van der Waals surface area contributed by atoms with Crippen LogP contribution < -0.4 is 5.73 Å². The number of carbonyl (C=O) groups is 1. The van der Waals surface area contributed by atoms with Gasteiger partial charge in [-0.3, -0.25) is 4.79 Å². The van der Waals surface area contributed by atoms with Gasteiger partial charge in [-0.05, 0) is 12.8 Å². The molecule has 4 heteroatoms. The zero-order valence-electron chi connectivity index (χ0n) is 8.25. The SMILES string of the molecule is CC(=O)c1nc(N)oc1C1CCCC1. The summed E-state index contributed by atoms with van der Waals surface area (Å²) in [4.78, 5) is 15.2. The highest BCUT2D eigenvalue weighted by Crippen LogP contribution is 2.36. The Morgan fingerprint density at radius 2 is 2.14 bits per heavy atom. The van der Waals surface area contributed by atoms with Gasteiger partial charge in [-0.25, -0.2) is 0 Å². The van der Waals surface area contributed by atoms with E-state index >= 15 is 0 Å². The van der Waals surface area contributed by atoms with Crippen LogP contribution in [0.4, 0.5) is 6.01 Å². The normalized spacial score (nSPS) is 17.5. The summed E-state index contributed by atoms with van der Waals surface area (Å²) in [6.07, 6.45) is 4.55. The van der Waals surface area contributed by atoms with Crippen molar-refractivity contribution in [2.45, 2.75) is 38.5 Å². The molecule has 0 amide bonds. The average molecular weight is 194 g/mol. The van der Waals surface area contributed by atoms with Crippen LogP contribution in [-0.2, 0) is 0 Å². The van der Waals surface area contributed by atoms with Crippen LogP contribution in [0.25, 0.3) is 0 Å². The third-order valence-electron chi connectivity index (χ3n) is 2.73. The lowest BCUT2D eigenvalue weighted by atomic mass is 10.0. The van der Waals surface area contributed by atoms with Gasteiger partial charge in [0.25, 0.3) is 6.01 Å². The quantitative estimate of drug-likeness (QED) is 0.732.